The second kappa shape index (κ2) is 5.89. The predicted octanol–water partition coefficient (Wildman–Crippen LogP) is 2.27. The smallest absolute Gasteiger partial charge is 0.269 e. The average molecular weight is 218 g/mol. The highest BCUT2D eigenvalue weighted by atomic mass is 16.6. The SMILES string of the molecule is C#CCCNC(C)c1ccc([N+](=O)[O-])cc1. The number of rotatable bonds is 5. The number of terminal acetylenes is 1. The summed E-state index contributed by atoms with van der Waals surface area (Å²) in [5, 5.41) is 13.7. The number of nitrogens with zero attached hydrogens (tertiary/aromatic N) is 1. The minimum absolute atomic E-state index is 0.111. The van der Waals surface area contributed by atoms with E-state index in [0.29, 0.717) is 6.42 Å². The van der Waals surface area contributed by atoms with E-state index in [2.05, 4.69) is 11.2 Å². The molecule has 0 aliphatic rings. The maximum atomic E-state index is 10.5. The van der Waals surface area contributed by atoms with Crippen LogP contribution in [0.25, 0.3) is 0 Å². The summed E-state index contributed by atoms with van der Waals surface area (Å²) in [6.45, 7) is 2.74. The molecular weight excluding hydrogens is 204 g/mol. The summed E-state index contributed by atoms with van der Waals surface area (Å²) in [5.41, 5.74) is 1.13. The van der Waals surface area contributed by atoms with Crippen LogP contribution in [0.2, 0.25) is 0 Å². The molecule has 0 radical (unpaired) electrons. The third kappa shape index (κ3) is 3.37. The monoisotopic (exact) mass is 218 g/mol. The molecule has 1 unspecified atom stereocenters. The molecule has 0 aliphatic carbocycles. The molecule has 1 aromatic carbocycles. The number of nitro groups is 1. The molecule has 84 valence electrons. The van der Waals surface area contributed by atoms with Gasteiger partial charge in [0, 0.05) is 31.1 Å². The molecule has 1 aromatic rings. The molecule has 1 N–H and O–H groups in total. The topological polar surface area (TPSA) is 55.2 Å². The van der Waals surface area contributed by atoms with Crippen molar-refractivity contribution in [3.05, 3.63) is 39.9 Å². The van der Waals surface area contributed by atoms with Crippen molar-refractivity contribution in [3.8, 4) is 12.3 Å². The van der Waals surface area contributed by atoms with E-state index in [0.717, 1.165) is 12.1 Å². The van der Waals surface area contributed by atoms with Gasteiger partial charge in [-0.3, -0.25) is 10.1 Å². The van der Waals surface area contributed by atoms with Crippen molar-refractivity contribution in [2.24, 2.45) is 0 Å². The highest BCUT2D eigenvalue weighted by Gasteiger charge is 2.07. The zero-order valence-corrected chi connectivity index (χ0v) is 9.14. The van der Waals surface area contributed by atoms with Crippen molar-refractivity contribution in [3.63, 3.8) is 0 Å². The van der Waals surface area contributed by atoms with Gasteiger partial charge in [0.1, 0.15) is 0 Å². The van der Waals surface area contributed by atoms with E-state index >= 15 is 0 Å². The lowest BCUT2D eigenvalue weighted by Crippen LogP contribution is -2.19. The van der Waals surface area contributed by atoms with Gasteiger partial charge in [-0.2, -0.15) is 0 Å². The summed E-state index contributed by atoms with van der Waals surface area (Å²) in [4.78, 5) is 10.1. The lowest BCUT2D eigenvalue weighted by atomic mass is 10.1. The molecule has 0 saturated carbocycles. The summed E-state index contributed by atoms with van der Waals surface area (Å²) in [6.07, 6.45) is 5.82. The highest BCUT2D eigenvalue weighted by Crippen LogP contribution is 2.17. The maximum absolute atomic E-state index is 10.5. The van der Waals surface area contributed by atoms with E-state index in [1.807, 2.05) is 6.92 Å². The van der Waals surface area contributed by atoms with Crippen LogP contribution in [0.1, 0.15) is 24.9 Å². The molecule has 0 spiro atoms. The lowest BCUT2D eigenvalue weighted by molar-refractivity contribution is -0.384. The second-order valence-corrected chi connectivity index (χ2v) is 3.48. The summed E-state index contributed by atoms with van der Waals surface area (Å²) in [6, 6.07) is 6.68. The van der Waals surface area contributed by atoms with E-state index in [9.17, 15) is 10.1 Å². The average Bonchev–Trinajstić information content (AvgIpc) is 2.29. The Balaban J connectivity index is 2.60. The van der Waals surface area contributed by atoms with Crippen molar-refractivity contribution < 1.29 is 4.92 Å². The van der Waals surface area contributed by atoms with E-state index in [1.165, 1.54) is 12.1 Å². The molecule has 4 heteroatoms. The van der Waals surface area contributed by atoms with Crippen molar-refractivity contribution >= 4 is 5.69 Å². The fourth-order valence-electron chi connectivity index (χ4n) is 1.36. The number of hydrogen-bond acceptors (Lipinski definition) is 3. The van der Waals surface area contributed by atoms with Crippen molar-refractivity contribution in [2.45, 2.75) is 19.4 Å². The number of hydrogen-bond donors (Lipinski definition) is 1. The molecule has 4 nitrogen and oxygen atoms in total. The van der Waals surface area contributed by atoms with Gasteiger partial charge in [-0.1, -0.05) is 12.1 Å². The van der Waals surface area contributed by atoms with Crippen LogP contribution in [0, 0.1) is 22.5 Å². The van der Waals surface area contributed by atoms with Crippen LogP contribution in [0.4, 0.5) is 5.69 Å². The van der Waals surface area contributed by atoms with E-state index < -0.39 is 4.92 Å². The standard InChI is InChI=1S/C12H14N2O2/c1-3-4-9-13-10(2)11-5-7-12(8-6-11)14(15)16/h1,5-8,10,13H,4,9H2,2H3. The van der Waals surface area contributed by atoms with Crippen molar-refractivity contribution in [1.82, 2.24) is 5.32 Å². The fraction of sp³-hybridized carbons (Fsp3) is 0.333. The minimum Gasteiger partial charge on any atom is -0.309 e. The lowest BCUT2D eigenvalue weighted by Gasteiger charge is -2.12. The van der Waals surface area contributed by atoms with Crippen LogP contribution in [-0.2, 0) is 0 Å². The number of benzene rings is 1. The molecular formula is C12H14N2O2. The first kappa shape index (κ1) is 12.2. The predicted molar refractivity (Wildman–Crippen MR) is 63.0 cm³/mol. The number of nitrogens with one attached hydrogen (secondary N) is 1. The normalized spacial score (nSPS) is 11.8. The van der Waals surface area contributed by atoms with Gasteiger partial charge in [0.05, 0.1) is 4.92 Å². The van der Waals surface area contributed by atoms with Gasteiger partial charge in [-0.25, -0.2) is 0 Å². The Morgan fingerprint density at radius 3 is 2.62 bits per heavy atom. The van der Waals surface area contributed by atoms with Gasteiger partial charge < -0.3 is 5.32 Å². The van der Waals surface area contributed by atoms with Gasteiger partial charge in [-0.05, 0) is 12.5 Å². The molecule has 0 saturated heterocycles. The van der Waals surface area contributed by atoms with Crippen LogP contribution in [0.3, 0.4) is 0 Å². The Kier molecular flexibility index (Phi) is 4.49. The molecule has 1 atom stereocenters. The summed E-state index contributed by atoms with van der Waals surface area (Å²) < 4.78 is 0. The molecule has 16 heavy (non-hydrogen) atoms. The highest BCUT2D eigenvalue weighted by molar-refractivity contribution is 5.33. The number of non-ortho nitro benzene ring substituents is 1. The first-order valence-electron chi connectivity index (χ1n) is 5.06. The Labute approximate surface area is 94.8 Å². The van der Waals surface area contributed by atoms with Gasteiger partial charge in [0.25, 0.3) is 5.69 Å². The van der Waals surface area contributed by atoms with E-state index in [1.54, 1.807) is 12.1 Å². The van der Waals surface area contributed by atoms with Crippen LogP contribution in [0.15, 0.2) is 24.3 Å². The second-order valence-electron chi connectivity index (χ2n) is 3.48. The zero-order chi connectivity index (χ0) is 12.0. The van der Waals surface area contributed by atoms with Crippen LogP contribution >= 0.6 is 0 Å². The van der Waals surface area contributed by atoms with Crippen LogP contribution in [-0.4, -0.2) is 11.5 Å². The van der Waals surface area contributed by atoms with Crippen molar-refractivity contribution in [2.75, 3.05) is 6.54 Å². The fourth-order valence-corrected chi connectivity index (χ4v) is 1.36. The summed E-state index contributed by atoms with van der Waals surface area (Å²) in [5.74, 6) is 2.55. The maximum Gasteiger partial charge on any atom is 0.269 e. The molecule has 0 bridgehead atoms. The van der Waals surface area contributed by atoms with Crippen LogP contribution < -0.4 is 5.32 Å². The zero-order valence-electron chi connectivity index (χ0n) is 9.14. The number of nitro benzene ring substituents is 1. The Bertz CT molecular complexity index is 392. The molecule has 0 aliphatic heterocycles. The van der Waals surface area contributed by atoms with Gasteiger partial charge in [-0.15, -0.1) is 12.3 Å². The van der Waals surface area contributed by atoms with Gasteiger partial charge in [0.15, 0.2) is 0 Å². The quantitative estimate of drug-likeness (QED) is 0.357. The molecule has 0 aromatic heterocycles. The Hall–Kier alpha value is -1.86. The summed E-state index contributed by atoms with van der Waals surface area (Å²) >= 11 is 0. The minimum atomic E-state index is -0.403. The largest absolute Gasteiger partial charge is 0.309 e. The molecule has 0 fully saturated rings. The van der Waals surface area contributed by atoms with E-state index in [-0.39, 0.29) is 11.7 Å². The first-order valence-corrected chi connectivity index (χ1v) is 5.06. The third-order valence-corrected chi connectivity index (χ3v) is 2.32. The molecule has 1 rings (SSSR count). The summed E-state index contributed by atoms with van der Waals surface area (Å²) in [7, 11) is 0. The third-order valence-electron chi connectivity index (χ3n) is 2.32. The Morgan fingerprint density at radius 1 is 1.50 bits per heavy atom. The van der Waals surface area contributed by atoms with Gasteiger partial charge in [0.2, 0.25) is 0 Å². The molecule has 0 heterocycles. The molecule has 0 amide bonds. The van der Waals surface area contributed by atoms with Crippen molar-refractivity contribution in [1.29, 1.82) is 0 Å². The van der Waals surface area contributed by atoms with Crippen LogP contribution in [0.5, 0.6) is 0 Å². The van der Waals surface area contributed by atoms with E-state index in [4.69, 9.17) is 6.42 Å². The van der Waals surface area contributed by atoms with Gasteiger partial charge >= 0.3 is 0 Å². The first-order chi connectivity index (χ1) is 7.65. The Morgan fingerprint density at radius 2 is 2.12 bits per heavy atom.